The van der Waals surface area contributed by atoms with Crippen LogP contribution in [0.1, 0.15) is 46.5 Å². The molecule has 0 heterocycles. The van der Waals surface area contributed by atoms with Crippen LogP contribution >= 0.6 is 0 Å². The highest BCUT2D eigenvalue weighted by Gasteiger charge is 2.27. The van der Waals surface area contributed by atoms with Crippen molar-refractivity contribution in [2.45, 2.75) is 58.7 Å². The van der Waals surface area contributed by atoms with Gasteiger partial charge in [0.1, 0.15) is 0 Å². The fourth-order valence-electron chi connectivity index (χ4n) is 2.87. The maximum atomic E-state index is 12.1. The molecule has 3 nitrogen and oxygen atoms in total. The molecule has 118 valence electrons. The summed E-state index contributed by atoms with van der Waals surface area (Å²) in [5, 5.41) is 6.29. The van der Waals surface area contributed by atoms with Crippen molar-refractivity contribution < 1.29 is 13.2 Å². The first kappa shape index (κ1) is 17.1. The third-order valence-corrected chi connectivity index (χ3v) is 3.53. The summed E-state index contributed by atoms with van der Waals surface area (Å²) in [7, 11) is 0. The zero-order chi connectivity index (χ0) is 15.2. The van der Waals surface area contributed by atoms with Crippen LogP contribution in [0.5, 0.6) is 0 Å². The second-order valence-electron chi connectivity index (χ2n) is 5.88. The lowest BCUT2D eigenvalue weighted by Crippen LogP contribution is -2.46. The highest BCUT2D eigenvalue weighted by atomic mass is 19.4. The maximum absolute atomic E-state index is 12.1. The minimum absolute atomic E-state index is 0.226. The summed E-state index contributed by atoms with van der Waals surface area (Å²) >= 11 is 0. The van der Waals surface area contributed by atoms with Crippen molar-refractivity contribution in [1.82, 2.24) is 10.6 Å². The first-order chi connectivity index (χ1) is 9.30. The first-order valence-electron chi connectivity index (χ1n) is 7.41. The van der Waals surface area contributed by atoms with Crippen LogP contribution < -0.4 is 10.6 Å². The Kier molecular flexibility index (Phi) is 6.62. The summed E-state index contributed by atoms with van der Waals surface area (Å²) in [5.41, 5.74) is 0. The van der Waals surface area contributed by atoms with Crippen molar-refractivity contribution in [3.05, 3.63) is 0 Å². The van der Waals surface area contributed by atoms with Crippen molar-refractivity contribution in [1.29, 1.82) is 0 Å². The van der Waals surface area contributed by atoms with Gasteiger partial charge < -0.3 is 10.6 Å². The van der Waals surface area contributed by atoms with E-state index >= 15 is 0 Å². The van der Waals surface area contributed by atoms with Gasteiger partial charge in [0.25, 0.3) is 0 Å². The molecule has 20 heavy (non-hydrogen) atoms. The normalized spacial score (nSPS) is 28.3. The van der Waals surface area contributed by atoms with Gasteiger partial charge in [-0.1, -0.05) is 13.8 Å². The molecule has 2 N–H and O–H groups in total. The van der Waals surface area contributed by atoms with Crippen molar-refractivity contribution >= 4 is 5.96 Å². The van der Waals surface area contributed by atoms with Crippen LogP contribution in [0.15, 0.2) is 4.99 Å². The summed E-state index contributed by atoms with van der Waals surface area (Å²) in [6.07, 6.45) is -1.70. The summed E-state index contributed by atoms with van der Waals surface area (Å²) in [4.78, 5) is 4.02. The zero-order valence-corrected chi connectivity index (χ0v) is 12.6. The van der Waals surface area contributed by atoms with Crippen LogP contribution in [0.25, 0.3) is 0 Å². The van der Waals surface area contributed by atoms with Gasteiger partial charge in [-0.15, -0.1) is 0 Å². The van der Waals surface area contributed by atoms with Crippen LogP contribution in [0.4, 0.5) is 13.2 Å². The van der Waals surface area contributed by atoms with Gasteiger partial charge in [-0.2, -0.15) is 13.2 Å². The second-order valence-corrected chi connectivity index (χ2v) is 5.88. The van der Waals surface area contributed by atoms with Gasteiger partial charge in [0.15, 0.2) is 5.96 Å². The molecule has 0 bridgehead atoms. The molecular weight excluding hydrogens is 267 g/mol. The molecule has 2 unspecified atom stereocenters. The quantitative estimate of drug-likeness (QED) is 0.616. The van der Waals surface area contributed by atoms with Crippen LogP contribution in [0.2, 0.25) is 0 Å². The van der Waals surface area contributed by atoms with Crippen molar-refractivity contribution in [3.8, 4) is 0 Å². The molecule has 0 aromatic carbocycles. The van der Waals surface area contributed by atoms with Crippen molar-refractivity contribution in [3.63, 3.8) is 0 Å². The molecule has 0 spiro atoms. The SMILES string of the molecule is CCNC(=NCCC(F)(F)F)NC1CC(C)CC(C)C1. The number of halogens is 3. The number of nitrogens with zero attached hydrogens (tertiary/aromatic N) is 1. The molecule has 1 fully saturated rings. The lowest BCUT2D eigenvalue weighted by atomic mass is 9.80. The van der Waals surface area contributed by atoms with E-state index in [0.29, 0.717) is 30.4 Å². The van der Waals surface area contributed by atoms with Gasteiger partial charge in [0.05, 0.1) is 13.0 Å². The van der Waals surface area contributed by atoms with Crippen LogP contribution in [-0.4, -0.2) is 31.3 Å². The molecule has 0 aromatic heterocycles. The minimum Gasteiger partial charge on any atom is -0.357 e. The number of alkyl halides is 3. The summed E-state index contributed by atoms with van der Waals surface area (Å²) < 4.78 is 36.4. The van der Waals surface area contributed by atoms with Crippen LogP contribution in [0, 0.1) is 11.8 Å². The number of rotatable bonds is 4. The van der Waals surface area contributed by atoms with Crippen LogP contribution in [0.3, 0.4) is 0 Å². The molecule has 0 amide bonds. The average Bonchev–Trinajstić information content (AvgIpc) is 2.25. The molecule has 1 saturated carbocycles. The van der Waals surface area contributed by atoms with Crippen molar-refractivity contribution in [2.24, 2.45) is 16.8 Å². The van der Waals surface area contributed by atoms with Gasteiger partial charge in [-0.05, 0) is 38.0 Å². The summed E-state index contributed by atoms with van der Waals surface area (Å²) in [6, 6.07) is 0.303. The molecule has 1 aliphatic rings. The Morgan fingerprint density at radius 3 is 2.25 bits per heavy atom. The lowest BCUT2D eigenvalue weighted by Gasteiger charge is -2.32. The molecule has 0 aliphatic heterocycles. The number of guanidine groups is 1. The predicted molar refractivity (Wildman–Crippen MR) is 75.8 cm³/mol. The Hall–Kier alpha value is -0.940. The Bertz CT molecular complexity index is 305. The van der Waals surface area contributed by atoms with E-state index in [9.17, 15) is 13.2 Å². The minimum atomic E-state index is -4.14. The Balaban J connectivity index is 2.51. The largest absolute Gasteiger partial charge is 0.390 e. The van der Waals surface area contributed by atoms with Gasteiger partial charge in [0, 0.05) is 12.6 Å². The number of hydrogen-bond acceptors (Lipinski definition) is 1. The monoisotopic (exact) mass is 293 g/mol. The molecule has 6 heteroatoms. The van der Waals surface area contributed by atoms with Crippen molar-refractivity contribution in [2.75, 3.05) is 13.1 Å². The van der Waals surface area contributed by atoms with E-state index in [1.54, 1.807) is 0 Å². The summed E-state index contributed by atoms with van der Waals surface area (Å²) in [6.45, 7) is 6.77. The number of aliphatic imine (C=N–C) groups is 1. The average molecular weight is 293 g/mol. The number of nitrogens with one attached hydrogen (secondary N) is 2. The van der Waals surface area contributed by atoms with Crippen LogP contribution in [-0.2, 0) is 0 Å². The van der Waals surface area contributed by atoms with E-state index in [1.807, 2.05) is 6.92 Å². The zero-order valence-electron chi connectivity index (χ0n) is 12.6. The molecule has 0 aromatic rings. The molecule has 0 saturated heterocycles. The molecule has 2 atom stereocenters. The van der Waals surface area contributed by atoms with E-state index in [0.717, 1.165) is 12.8 Å². The van der Waals surface area contributed by atoms with E-state index in [2.05, 4.69) is 29.5 Å². The van der Waals surface area contributed by atoms with E-state index in [-0.39, 0.29) is 6.54 Å². The van der Waals surface area contributed by atoms with Gasteiger partial charge in [0.2, 0.25) is 0 Å². The van der Waals surface area contributed by atoms with Gasteiger partial charge in [-0.25, -0.2) is 0 Å². The third-order valence-electron chi connectivity index (χ3n) is 3.53. The van der Waals surface area contributed by atoms with E-state index in [4.69, 9.17) is 0 Å². The highest BCUT2D eigenvalue weighted by Crippen LogP contribution is 2.28. The fraction of sp³-hybridized carbons (Fsp3) is 0.929. The summed E-state index contributed by atoms with van der Waals surface area (Å²) in [5.74, 6) is 1.80. The van der Waals surface area contributed by atoms with E-state index in [1.165, 1.54) is 6.42 Å². The fourth-order valence-corrected chi connectivity index (χ4v) is 2.87. The molecule has 0 radical (unpaired) electrons. The molecule has 1 rings (SSSR count). The number of hydrogen-bond donors (Lipinski definition) is 2. The maximum Gasteiger partial charge on any atom is 0.390 e. The molecule has 1 aliphatic carbocycles. The van der Waals surface area contributed by atoms with E-state index < -0.39 is 12.6 Å². The Labute approximate surface area is 119 Å². The standard InChI is InChI=1S/C14H26F3N3/c1-4-18-13(19-6-5-14(15,16)17)20-12-8-10(2)7-11(3)9-12/h10-12H,4-9H2,1-3H3,(H2,18,19,20). The predicted octanol–water partition coefficient (Wildman–Crippen LogP) is 3.32. The smallest absolute Gasteiger partial charge is 0.357 e. The Morgan fingerprint density at radius 2 is 1.75 bits per heavy atom. The third kappa shape index (κ3) is 7.01. The second kappa shape index (κ2) is 7.74. The Morgan fingerprint density at radius 1 is 1.15 bits per heavy atom. The molecular formula is C14H26F3N3. The van der Waals surface area contributed by atoms with Gasteiger partial charge in [-0.3, -0.25) is 4.99 Å². The highest BCUT2D eigenvalue weighted by molar-refractivity contribution is 5.80. The lowest BCUT2D eigenvalue weighted by molar-refractivity contribution is -0.132. The van der Waals surface area contributed by atoms with Gasteiger partial charge >= 0.3 is 6.18 Å². The topological polar surface area (TPSA) is 36.4 Å². The first-order valence-corrected chi connectivity index (χ1v) is 7.41.